The minimum atomic E-state index is 0. The van der Waals surface area contributed by atoms with Crippen LogP contribution in [-0.4, -0.2) is 47.8 Å². The van der Waals surface area contributed by atoms with Gasteiger partial charge in [0, 0.05) is 42.8 Å². The monoisotopic (exact) mass is 375 g/mol. The van der Waals surface area contributed by atoms with E-state index in [4.69, 9.17) is 9.47 Å². The molecule has 0 bridgehead atoms. The van der Waals surface area contributed by atoms with Crippen molar-refractivity contribution in [2.75, 3.05) is 33.4 Å². The van der Waals surface area contributed by atoms with E-state index in [1.165, 1.54) is 31.4 Å². The van der Waals surface area contributed by atoms with Gasteiger partial charge in [0.05, 0.1) is 24.8 Å². The number of pyridine rings is 1. The number of aromatic nitrogens is 2. The molecule has 5 nitrogen and oxygen atoms in total. The number of halogens is 1. The molecule has 1 saturated heterocycles. The van der Waals surface area contributed by atoms with Gasteiger partial charge in [-0.25, -0.2) is 0 Å². The van der Waals surface area contributed by atoms with Crippen molar-refractivity contribution in [3.05, 3.63) is 30.6 Å². The molecule has 1 fully saturated rings. The van der Waals surface area contributed by atoms with Gasteiger partial charge >= 0.3 is 0 Å². The molecule has 3 aromatic rings. The van der Waals surface area contributed by atoms with Gasteiger partial charge in [-0.05, 0) is 44.5 Å². The van der Waals surface area contributed by atoms with E-state index >= 15 is 0 Å². The lowest BCUT2D eigenvalue weighted by molar-refractivity contribution is 0.254. The summed E-state index contributed by atoms with van der Waals surface area (Å²) in [6.07, 6.45) is 7.45. The minimum absolute atomic E-state index is 0. The normalized spacial score (nSPS) is 14.7. The van der Waals surface area contributed by atoms with Crippen LogP contribution in [0, 0.1) is 0 Å². The van der Waals surface area contributed by atoms with E-state index in [-0.39, 0.29) is 12.4 Å². The summed E-state index contributed by atoms with van der Waals surface area (Å²) in [6.45, 7) is 4.30. The van der Waals surface area contributed by atoms with Crippen LogP contribution in [0.15, 0.2) is 30.6 Å². The average molecular weight is 376 g/mol. The highest BCUT2D eigenvalue weighted by molar-refractivity contribution is 6.08. The Morgan fingerprint density at radius 3 is 2.65 bits per heavy atom. The maximum atomic E-state index is 6.07. The number of aryl methyl sites for hydroxylation is 1. The predicted molar refractivity (Wildman–Crippen MR) is 108 cm³/mol. The lowest BCUT2D eigenvalue weighted by Crippen LogP contribution is -2.21. The molecule has 6 heteroatoms. The van der Waals surface area contributed by atoms with Gasteiger partial charge in [-0.1, -0.05) is 0 Å². The second kappa shape index (κ2) is 8.14. The summed E-state index contributed by atoms with van der Waals surface area (Å²) in [5, 5.41) is 2.28. The molecule has 0 saturated carbocycles. The number of rotatable bonds is 6. The lowest BCUT2D eigenvalue weighted by atomic mass is 10.2. The fourth-order valence-electron chi connectivity index (χ4n) is 3.81. The van der Waals surface area contributed by atoms with E-state index in [1.54, 1.807) is 7.11 Å². The van der Waals surface area contributed by atoms with Crippen LogP contribution >= 0.6 is 12.4 Å². The Kier molecular flexibility index (Phi) is 5.89. The van der Waals surface area contributed by atoms with Gasteiger partial charge in [-0.15, -0.1) is 12.4 Å². The van der Waals surface area contributed by atoms with Crippen molar-refractivity contribution in [3.63, 3.8) is 0 Å². The van der Waals surface area contributed by atoms with Crippen molar-refractivity contribution in [2.24, 2.45) is 7.05 Å². The molecular formula is C20H26ClN3O2. The SMILES string of the molecule is COc1cc2c3cnccc3n(C)c2cc1OCCCN1CCCC1.Cl. The smallest absolute Gasteiger partial charge is 0.163 e. The summed E-state index contributed by atoms with van der Waals surface area (Å²) >= 11 is 0. The molecular weight excluding hydrogens is 350 g/mol. The van der Waals surface area contributed by atoms with Crippen LogP contribution in [0.4, 0.5) is 0 Å². The predicted octanol–water partition coefficient (Wildman–Crippen LogP) is 4.02. The summed E-state index contributed by atoms with van der Waals surface area (Å²) in [5.74, 6) is 1.60. The van der Waals surface area contributed by atoms with Gasteiger partial charge in [0.1, 0.15) is 0 Å². The molecule has 0 unspecified atom stereocenters. The van der Waals surface area contributed by atoms with Crippen LogP contribution in [0.5, 0.6) is 11.5 Å². The number of likely N-dealkylation sites (tertiary alicyclic amines) is 1. The molecule has 1 aliphatic heterocycles. The number of fused-ring (bicyclic) bond motifs is 3. The first-order chi connectivity index (χ1) is 12.3. The van der Waals surface area contributed by atoms with Crippen molar-refractivity contribution < 1.29 is 9.47 Å². The first kappa shape index (κ1) is 18.8. The molecule has 0 N–H and O–H groups in total. The number of nitrogens with zero attached hydrogens (tertiary/aromatic N) is 3. The summed E-state index contributed by atoms with van der Waals surface area (Å²) < 4.78 is 13.8. The van der Waals surface area contributed by atoms with E-state index < -0.39 is 0 Å². The minimum Gasteiger partial charge on any atom is -0.493 e. The van der Waals surface area contributed by atoms with Crippen LogP contribution in [0.25, 0.3) is 21.8 Å². The third-order valence-corrected chi connectivity index (χ3v) is 5.17. The molecule has 0 radical (unpaired) electrons. The van der Waals surface area contributed by atoms with Gasteiger partial charge in [-0.2, -0.15) is 0 Å². The van der Waals surface area contributed by atoms with E-state index in [0.717, 1.165) is 40.8 Å². The highest BCUT2D eigenvalue weighted by atomic mass is 35.5. The van der Waals surface area contributed by atoms with Crippen LogP contribution in [0.2, 0.25) is 0 Å². The summed E-state index contributed by atoms with van der Waals surface area (Å²) in [4.78, 5) is 6.78. The zero-order chi connectivity index (χ0) is 17.2. The van der Waals surface area contributed by atoms with Crippen molar-refractivity contribution in [3.8, 4) is 11.5 Å². The van der Waals surface area contributed by atoms with Crippen LogP contribution < -0.4 is 9.47 Å². The molecule has 0 aliphatic carbocycles. The Hall–Kier alpha value is -1.98. The van der Waals surface area contributed by atoms with E-state index in [2.05, 4.69) is 33.6 Å². The molecule has 3 heterocycles. The second-order valence-electron chi connectivity index (χ2n) is 6.72. The molecule has 140 valence electrons. The maximum absolute atomic E-state index is 6.07. The van der Waals surface area contributed by atoms with Crippen molar-refractivity contribution >= 4 is 34.2 Å². The Labute approximate surface area is 160 Å². The standard InChI is InChI=1S/C20H25N3O2.ClH/c1-22-17-6-7-21-14-16(17)15-12-19(24-2)20(13-18(15)22)25-11-5-10-23-8-3-4-9-23;/h6-7,12-14H,3-5,8-11H2,1-2H3;1H. The number of benzene rings is 1. The van der Waals surface area contributed by atoms with Crippen molar-refractivity contribution in [1.29, 1.82) is 0 Å². The quantitative estimate of drug-likeness (QED) is 0.610. The highest BCUT2D eigenvalue weighted by Gasteiger charge is 2.14. The van der Waals surface area contributed by atoms with Crippen LogP contribution in [-0.2, 0) is 7.05 Å². The number of hydrogen-bond donors (Lipinski definition) is 0. The number of hydrogen-bond acceptors (Lipinski definition) is 4. The fraction of sp³-hybridized carbons (Fsp3) is 0.450. The summed E-state index contributed by atoms with van der Waals surface area (Å²) in [7, 11) is 3.77. The van der Waals surface area contributed by atoms with Crippen LogP contribution in [0.3, 0.4) is 0 Å². The largest absolute Gasteiger partial charge is 0.493 e. The van der Waals surface area contributed by atoms with Gasteiger partial charge < -0.3 is 18.9 Å². The zero-order valence-electron chi connectivity index (χ0n) is 15.4. The fourth-order valence-corrected chi connectivity index (χ4v) is 3.81. The molecule has 26 heavy (non-hydrogen) atoms. The summed E-state index contributed by atoms with van der Waals surface area (Å²) in [6, 6.07) is 6.19. The first-order valence-electron chi connectivity index (χ1n) is 9.03. The van der Waals surface area contributed by atoms with Crippen LogP contribution in [0.1, 0.15) is 19.3 Å². The Balaban J connectivity index is 0.00000196. The van der Waals surface area contributed by atoms with E-state index in [9.17, 15) is 0 Å². The molecule has 0 spiro atoms. The number of ether oxygens (including phenoxy) is 2. The third kappa shape index (κ3) is 3.46. The Bertz CT molecular complexity index is 888. The zero-order valence-corrected chi connectivity index (χ0v) is 16.2. The molecule has 4 rings (SSSR count). The Morgan fingerprint density at radius 2 is 1.88 bits per heavy atom. The highest BCUT2D eigenvalue weighted by Crippen LogP contribution is 2.37. The van der Waals surface area contributed by atoms with Crippen molar-refractivity contribution in [1.82, 2.24) is 14.5 Å². The second-order valence-corrected chi connectivity index (χ2v) is 6.72. The molecule has 1 aliphatic rings. The van der Waals surface area contributed by atoms with Gasteiger partial charge in [0.15, 0.2) is 11.5 Å². The van der Waals surface area contributed by atoms with Crippen molar-refractivity contribution in [2.45, 2.75) is 19.3 Å². The molecule has 0 atom stereocenters. The van der Waals surface area contributed by atoms with E-state index in [0.29, 0.717) is 6.61 Å². The summed E-state index contributed by atoms with van der Waals surface area (Å²) in [5.41, 5.74) is 2.30. The third-order valence-electron chi connectivity index (χ3n) is 5.17. The lowest BCUT2D eigenvalue weighted by Gasteiger charge is -2.15. The van der Waals surface area contributed by atoms with Gasteiger partial charge in [0.2, 0.25) is 0 Å². The maximum Gasteiger partial charge on any atom is 0.163 e. The molecule has 0 amide bonds. The first-order valence-corrected chi connectivity index (χ1v) is 9.03. The Morgan fingerprint density at radius 1 is 1.08 bits per heavy atom. The number of methoxy groups -OCH3 is 1. The molecule has 1 aromatic carbocycles. The van der Waals surface area contributed by atoms with E-state index in [1.807, 2.05) is 18.5 Å². The molecule has 2 aromatic heterocycles. The average Bonchev–Trinajstić information content (AvgIpc) is 3.26. The van der Waals surface area contributed by atoms with Gasteiger partial charge in [-0.3, -0.25) is 4.98 Å². The van der Waals surface area contributed by atoms with Gasteiger partial charge in [0.25, 0.3) is 0 Å². The topological polar surface area (TPSA) is 39.5 Å².